The van der Waals surface area contributed by atoms with Crippen LogP contribution in [0, 0.1) is 0 Å². The molecule has 200 valence electrons. The van der Waals surface area contributed by atoms with E-state index in [-0.39, 0.29) is 46.5 Å². The van der Waals surface area contributed by atoms with Gasteiger partial charge >= 0.3 is 0 Å². The van der Waals surface area contributed by atoms with Crippen molar-refractivity contribution in [3.63, 3.8) is 0 Å². The van der Waals surface area contributed by atoms with E-state index in [1.807, 2.05) is 20.8 Å². The molecule has 1 aromatic heterocycles. The molecule has 0 amide bonds. The Balaban J connectivity index is 1.83. The lowest BCUT2D eigenvalue weighted by Crippen LogP contribution is -2.16. The van der Waals surface area contributed by atoms with Crippen LogP contribution in [0.5, 0.6) is 23.0 Å². The van der Waals surface area contributed by atoms with Crippen LogP contribution < -0.4 is 18.9 Å². The number of ether oxygens (including phenoxy) is 3. The van der Waals surface area contributed by atoms with E-state index < -0.39 is 10.0 Å². The number of anilines is 1. The van der Waals surface area contributed by atoms with Gasteiger partial charge in [-0.1, -0.05) is 45.0 Å². The molecule has 4 aromatic rings. The van der Waals surface area contributed by atoms with Gasteiger partial charge in [0.1, 0.15) is 6.61 Å². The predicted molar refractivity (Wildman–Crippen MR) is 141 cm³/mol. The Hall–Kier alpha value is -4.16. The molecule has 0 atom stereocenters. The summed E-state index contributed by atoms with van der Waals surface area (Å²) < 4.78 is 46.9. The maximum atomic E-state index is 13.5. The summed E-state index contributed by atoms with van der Waals surface area (Å²) in [5.74, 6) is 1.25. The predicted octanol–water partition coefficient (Wildman–Crippen LogP) is 4.14. The number of hydrogen-bond donors (Lipinski definition) is 3. The van der Waals surface area contributed by atoms with Crippen LogP contribution in [0.4, 0.5) is 5.69 Å². The standard InChI is InChI=1S/C26H29N5O6S/c1-26(2,3)18-9-11-19(12-10-18)38(33,34)29-20-15-17(25-27-30-31-28-25)16-23(36-14-13-32)24(20)37-22-8-6-5-7-21(22)35-4/h5-12,15-16,29,32H,13-14H2,1-4H3,(H,27,28,30,31). The van der Waals surface area contributed by atoms with Crippen molar-refractivity contribution in [1.82, 2.24) is 20.6 Å². The Morgan fingerprint density at radius 1 is 1.00 bits per heavy atom. The van der Waals surface area contributed by atoms with Crippen LogP contribution in [-0.2, 0) is 15.4 Å². The van der Waals surface area contributed by atoms with Crippen LogP contribution in [0.15, 0.2) is 65.6 Å². The summed E-state index contributed by atoms with van der Waals surface area (Å²) in [7, 11) is -2.56. The minimum Gasteiger partial charge on any atom is -0.493 e. The zero-order valence-corrected chi connectivity index (χ0v) is 22.2. The second-order valence-electron chi connectivity index (χ2n) is 9.31. The zero-order chi connectivity index (χ0) is 27.3. The number of nitrogens with one attached hydrogen (secondary N) is 2. The highest BCUT2D eigenvalue weighted by Crippen LogP contribution is 2.44. The maximum Gasteiger partial charge on any atom is 0.262 e. The summed E-state index contributed by atoms with van der Waals surface area (Å²) in [4.78, 5) is 0.0679. The average molecular weight is 540 g/mol. The van der Waals surface area contributed by atoms with Gasteiger partial charge in [0.15, 0.2) is 28.8 Å². The van der Waals surface area contributed by atoms with E-state index in [4.69, 9.17) is 14.2 Å². The number of sulfonamides is 1. The fourth-order valence-electron chi connectivity index (χ4n) is 3.62. The van der Waals surface area contributed by atoms with Crippen LogP contribution in [0.3, 0.4) is 0 Å². The van der Waals surface area contributed by atoms with E-state index in [9.17, 15) is 13.5 Å². The number of para-hydroxylation sites is 2. The summed E-state index contributed by atoms with van der Waals surface area (Å²) in [6, 6.07) is 16.7. The highest BCUT2D eigenvalue weighted by Gasteiger charge is 2.24. The van der Waals surface area contributed by atoms with E-state index in [1.165, 1.54) is 13.2 Å². The minimum atomic E-state index is -4.06. The maximum absolute atomic E-state index is 13.5. The van der Waals surface area contributed by atoms with Crippen molar-refractivity contribution in [3.8, 4) is 34.4 Å². The third-order valence-corrected chi connectivity index (χ3v) is 6.96. The monoisotopic (exact) mass is 539 g/mol. The highest BCUT2D eigenvalue weighted by molar-refractivity contribution is 7.92. The van der Waals surface area contributed by atoms with Gasteiger partial charge in [0.2, 0.25) is 0 Å². The number of methoxy groups -OCH3 is 1. The Kier molecular flexibility index (Phi) is 7.83. The number of aliphatic hydroxyl groups is 1. The number of rotatable bonds is 10. The molecule has 3 N–H and O–H groups in total. The summed E-state index contributed by atoms with van der Waals surface area (Å²) >= 11 is 0. The lowest BCUT2D eigenvalue weighted by molar-refractivity contribution is 0.198. The van der Waals surface area contributed by atoms with Gasteiger partial charge in [0.25, 0.3) is 10.0 Å². The molecule has 3 aromatic carbocycles. The first-order valence-corrected chi connectivity index (χ1v) is 13.2. The van der Waals surface area contributed by atoms with Crippen molar-refractivity contribution in [1.29, 1.82) is 0 Å². The summed E-state index contributed by atoms with van der Waals surface area (Å²) in [5.41, 5.74) is 1.36. The van der Waals surface area contributed by atoms with Crippen LogP contribution in [-0.4, -0.2) is 54.5 Å². The third-order valence-electron chi connectivity index (χ3n) is 5.58. The Labute approximate surface area is 220 Å². The fraction of sp³-hybridized carbons (Fsp3) is 0.269. The number of aromatic nitrogens is 4. The molecule has 11 nitrogen and oxygen atoms in total. The van der Waals surface area contributed by atoms with Gasteiger partial charge in [-0.25, -0.2) is 13.5 Å². The summed E-state index contributed by atoms with van der Waals surface area (Å²) in [6.07, 6.45) is 0. The zero-order valence-electron chi connectivity index (χ0n) is 21.4. The molecule has 0 saturated carbocycles. The van der Waals surface area contributed by atoms with Crippen molar-refractivity contribution < 1.29 is 27.7 Å². The lowest BCUT2D eigenvalue weighted by Gasteiger charge is -2.20. The number of nitrogens with zero attached hydrogens (tertiary/aromatic N) is 3. The molecular weight excluding hydrogens is 510 g/mol. The van der Waals surface area contributed by atoms with Gasteiger partial charge in [0, 0.05) is 5.56 Å². The average Bonchev–Trinajstić information content (AvgIpc) is 3.43. The fourth-order valence-corrected chi connectivity index (χ4v) is 4.67. The molecule has 1 heterocycles. The lowest BCUT2D eigenvalue weighted by atomic mass is 9.87. The summed E-state index contributed by atoms with van der Waals surface area (Å²) in [6.45, 7) is 5.81. The molecule has 0 unspecified atom stereocenters. The Bertz CT molecular complexity index is 1480. The van der Waals surface area contributed by atoms with Gasteiger partial charge in [0.05, 0.1) is 24.3 Å². The molecular formula is C26H29N5O6S. The van der Waals surface area contributed by atoms with Gasteiger partial charge in [-0.2, -0.15) is 0 Å². The van der Waals surface area contributed by atoms with Gasteiger partial charge in [-0.15, -0.1) is 5.10 Å². The molecule has 4 rings (SSSR count). The van der Waals surface area contributed by atoms with Gasteiger partial charge < -0.3 is 19.3 Å². The second kappa shape index (κ2) is 11.1. The largest absolute Gasteiger partial charge is 0.493 e. The second-order valence-corrected chi connectivity index (χ2v) is 11.0. The highest BCUT2D eigenvalue weighted by atomic mass is 32.2. The molecule has 0 radical (unpaired) electrons. The molecule has 12 heteroatoms. The molecule has 38 heavy (non-hydrogen) atoms. The molecule has 0 aliphatic rings. The molecule has 0 aliphatic carbocycles. The molecule has 0 spiro atoms. The topological polar surface area (TPSA) is 149 Å². The molecule has 0 aliphatic heterocycles. The van der Waals surface area contributed by atoms with Gasteiger partial charge in [-0.05, 0) is 57.8 Å². The van der Waals surface area contributed by atoms with Gasteiger partial charge in [-0.3, -0.25) is 4.72 Å². The van der Waals surface area contributed by atoms with Crippen molar-refractivity contribution in [3.05, 3.63) is 66.2 Å². The number of H-pyrrole nitrogens is 1. The number of benzene rings is 3. The third kappa shape index (κ3) is 6.03. The first kappa shape index (κ1) is 26.9. The molecule has 0 fully saturated rings. The number of aliphatic hydroxyl groups excluding tert-OH is 1. The van der Waals surface area contributed by atoms with E-state index in [0.29, 0.717) is 17.1 Å². The number of tetrazole rings is 1. The van der Waals surface area contributed by atoms with Crippen LogP contribution >= 0.6 is 0 Å². The van der Waals surface area contributed by atoms with Crippen LogP contribution in [0.1, 0.15) is 26.3 Å². The molecule has 0 saturated heterocycles. The van der Waals surface area contributed by atoms with Crippen molar-refractivity contribution in [2.75, 3.05) is 25.0 Å². The van der Waals surface area contributed by atoms with Crippen LogP contribution in [0.2, 0.25) is 0 Å². The minimum absolute atomic E-state index is 0.0639. The van der Waals surface area contributed by atoms with Crippen molar-refractivity contribution in [2.45, 2.75) is 31.1 Å². The number of hydrogen-bond acceptors (Lipinski definition) is 9. The SMILES string of the molecule is COc1ccccc1Oc1c(NS(=O)(=O)c2ccc(C(C)(C)C)cc2)cc(-c2nnn[nH]2)cc1OCCO. The summed E-state index contributed by atoms with van der Waals surface area (Å²) in [5, 5.41) is 23.2. The Morgan fingerprint density at radius 2 is 1.71 bits per heavy atom. The first-order valence-electron chi connectivity index (χ1n) is 11.7. The normalized spacial score (nSPS) is 11.7. The van der Waals surface area contributed by atoms with Crippen molar-refractivity contribution >= 4 is 15.7 Å². The first-order chi connectivity index (χ1) is 18.1. The Morgan fingerprint density at radius 3 is 2.32 bits per heavy atom. The van der Waals surface area contributed by atoms with E-state index in [2.05, 4.69) is 25.3 Å². The van der Waals surface area contributed by atoms with E-state index in [1.54, 1.807) is 54.6 Å². The quantitative estimate of drug-likeness (QED) is 0.270. The molecule has 0 bridgehead atoms. The number of aromatic amines is 1. The smallest absolute Gasteiger partial charge is 0.262 e. The van der Waals surface area contributed by atoms with Crippen molar-refractivity contribution in [2.24, 2.45) is 0 Å². The van der Waals surface area contributed by atoms with E-state index >= 15 is 0 Å². The van der Waals surface area contributed by atoms with Crippen LogP contribution in [0.25, 0.3) is 11.4 Å². The van der Waals surface area contributed by atoms with E-state index in [0.717, 1.165) is 5.56 Å².